The fraction of sp³-hybridized carbons (Fsp3) is 0.562. The van der Waals surface area contributed by atoms with Crippen molar-refractivity contribution >= 4 is 52.6 Å². The van der Waals surface area contributed by atoms with Crippen molar-refractivity contribution in [2.75, 3.05) is 26.3 Å². The number of piperidine rings is 1. The van der Waals surface area contributed by atoms with Gasteiger partial charge >= 0.3 is 6.09 Å². The van der Waals surface area contributed by atoms with Crippen molar-refractivity contribution in [2.45, 2.75) is 90.1 Å². The maximum absolute atomic E-state index is 13.9. The summed E-state index contributed by atoms with van der Waals surface area (Å²) in [5, 5.41) is 6.35. The zero-order valence-corrected chi connectivity index (χ0v) is 29.6. The summed E-state index contributed by atoms with van der Waals surface area (Å²) in [6.07, 6.45) is 0.668. The fourth-order valence-electron chi connectivity index (χ4n) is 5.26. The highest BCUT2D eigenvalue weighted by atomic mass is 79.9. The Bertz CT molecular complexity index is 1410. The lowest BCUT2D eigenvalue weighted by Gasteiger charge is -2.42. The van der Waals surface area contributed by atoms with Crippen LogP contribution < -0.4 is 0 Å². The van der Waals surface area contributed by atoms with Crippen LogP contribution in [-0.4, -0.2) is 60.8 Å². The molecule has 1 fully saturated rings. The highest BCUT2D eigenvalue weighted by molar-refractivity contribution is 9.10. The predicted molar refractivity (Wildman–Crippen MR) is 176 cm³/mol. The minimum atomic E-state index is -1.19. The second-order valence-electron chi connectivity index (χ2n) is 13.7. The first-order valence-electron chi connectivity index (χ1n) is 14.9. The van der Waals surface area contributed by atoms with Gasteiger partial charge in [0.05, 0.1) is 18.2 Å². The Balaban J connectivity index is 1.53. The molecule has 1 unspecified atom stereocenters. The van der Waals surface area contributed by atoms with Crippen LogP contribution >= 0.6 is 27.5 Å². The van der Waals surface area contributed by atoms with Crippen molar-refractivity contribution < 1.29 is 23.4 Å². The lowest BCUT2D eigenvalue weighted by molar-refractivity contribution is -0.00935. The number of hydrogen-bond acceptors (Lipinski definition) is 5. The van der Waals surface area contributed by atoms with Gasteiger partial charge in [-0.2, -0.15) is 5.10 Å². The van der Waals surface area contributed by atoms with Crippen LogP contribution in [0.1, 0.15) is 57.8 Å². The van der Waals surface area contributed by atoms with Gasteiger partial charge in [0.15, 0.2) is 0 Å². The number of halogens is 3. The van der Waals surface area contributed by atoms with E-state index in [9.17, 15) is 9.18 Å². The van der Waals surface area contributed by atoms with Gasteiger partial charge in [0, 0.05) is 49.2 Å². The van der Waals surface area contributed by atoms with Crippen LogP contribution in [0.2, 0.25) is 30.7 Å². The van der Waals surface area contributed by atoms with Crippen LogP contribution in [0.5, 0.6) is 0 Å². The number of nitrogens with zero attached hydrogens (tertiary/aromatic N) is 3. The van der Waals surface area contributed by atoms with Crippen molar-refractivity contribution in [1.82, 2.24) is 14.7 Å². The van der Waals surface area contributed by atoms with E-state index in [0.717, 1.165) is 32.7 Å². The Morgan fingerprint density at radius 1 is 1.16 bits per heavy atom. The lowest BCUT2D eigenvalue weighted by Crippen LogP contribution is -2.48. The minimum Gasteiger partial charge on any atom is -0.444 e. The molecular formula is C32H44BrClFN3O4Si. The molecule has 1 saturated heterocycles. The van der Waals surface area contributed by atoms with Gasteiger partial charge in [-0.15, -0.1) is 0 Å². The Hall–Kier alpha value is -1.98. The number of hydrogen-bond donors (Lipinski definition) is 0. The predicted octanol–water partition coefficient (Wildman–Crippen LogP) is 8.95. The first-order chi connectivity index (χ1) is 20.1. The molecule has 0 N–H and O–H groups in total. The Kier molecular flexibility index (Phi) is 10.7. The third kappa shape index (κ3) is 8.81. The van der Waals surface area contributed by atoms with Crippen molar-refractivity contribution in [3.05, 3.63) is 63.0 Å². The molecule has 1 aliphatic rings. The number of benzene rings is 2. The number of ether oxygens (including phenoxy) is 3. The van der Waals surface area contributed by atoms with Gasteiger partial charge in [0.2, 0.25) is 0 Å². The molecule has 7 nitrogen and oxygen atoms in total. The molecule has 1 aliphatic heterocycles. The number of fused-ring (bicyclic) bond motifs is 1. The van der Waals surface area contributed by atoms with Crippen LogP contribution in [0.3, 0.4) is 0 Å². The van der Waals surface area contributed by atoms with Crippen molar-refractivity contribution in [2.24, 2.45) is 0 Å². The van der Waals surface area contributed by atoms with E-state index in [1.807, 2.05) is 56.6 Å². The number of rotatable bonds is 10. The van der Waals surface area contributed by atoms with Crippen LogP contribution in [0.4, 0.5) is 9.18 Å². The summed E-state index contributed by atoms with van der Waals surface area (Å²) in [6, 6.07) is 11.5. The van der Waals surface area contributed by atoms with Gasteiger partial charge in [-0.3, -0.25) is 0 Å². The van der Waals surface area contributed by atoms with E-state index in [1.165, 1.54) is 12.1 Å². The van der Waals surface area contributed by atoms with Gasteiger partial charge < -0.3 is 19.1 Å². The molecular weight excluding hydrogens is 653 g/mol. The van der Waals surface area contributed by atoms with E-state index in [4.69, 9.17) is 30.9 Å². The van der Waals surface area contributed by atoms with Crippen LogP contribution in [-0.2, 0) is 26.4 Å². The molecule has 3 aromatic rings. The second kappa shape index (κ2) is 13.6. The molecule has 1 aromatic heterocycles. The number of likely N-dealkylation sites (tertiary alicyclic amines) is 1. The van der Waals surface area contributed by atoms with Crippen molar-refractivity contribution in [3.8, 4) is 0 Å². The third-order valence-electron chi connectivity index (χ3n) is 7.86. The molecule has 2 aromatic carbocycles. The largest absolute Gasteiger partial charge is 0.444 e. The maximum atomic E-state index is 13.9. The molecule has 1 amide bonds. The fourth-order valence-corrected chi connectivity index (χ4v) is 6.72. The number of aromatic nitrogens is 2. The van der Waals surface area contributed by atoms with E-state index >= 15 is 0 Å². The van der Waals surface area contributed by atoms with E-state index in [1.54, 1.807) is 4.90 Å². The zero-order valence-electron chi connectivity index (χ0n) is 26.3. The highest BCUT2D eigenvalue weighted by Crippen LogP contribution is 2.39. The molecule has 4 rings (SSSR count). The summed E-state index contributed by atoms with van der Waals surface area (Å²) in [5.41, 5.74) is 1.70. The normalized spacial score (nSPS) is 16.5. The zero-order chi connectivity index (χ0) is 31.6. The van der Waals surface area contributed by atoms with Crippen LogP contribution in [0, 0.1) is 5.82 Å². The van der Waals surface area contributed by atoms with Gasteiger partial charge in [-0.1, -0.05) is 43.4 Å². The van der Waals surface area contributed by atoms with Crippen LogP contribution in [0.15, 0.2) is 41.0 Å². The molecule has 0 bridgehead atoms. The lowest BCUT2D eigenvalue weighted by atomic mass is 9.73. The van der Waals surface area contributed by atoms with Gasteiger partial charge in [0.1, 0.15) is 22.8 Å². The summed E-state index contributed by atoms with van der Waals surface area (Å²) in [6.45, 7) is 17.0. The van der Waals surface area contributed by atoms with E-state index in [2.05, 4.69) is 35.6 Å². The van der Waals surface area contributed by atoms with E-state index in [0.29, 0.717) is 50.9 Å². The molecule has 1 atom stereocenters. The topological polar surface area (TPSA) is 65.8 Å². The number of amides is 1. The van der Waals surface area contributed by atoms with E-state index in [-0.39, 0.29) is 18.0 Å². The second-order valence-corrected chi connectivity index (χ2v) is 20.5. The first-order valence-corrected chi connectivity index (χ1v) is 19.7. The maximum Gasteiger partial charge on any atom is 0.410 e. The molecule has 0 aliphatic carbocycles. The van der Waals surface area contributed by atoms with Gasteiger partial charge in [0.25, 0.3) is 0 Å². The minimum absolute atomic E-state index is 0.286. The molecule has 0 radical (unpaired) electrons. The molecule has 0 spiro atoms. The number of carbonyl (C=O) groups is 1. The summed E-state index contributed by atoms with van der Waals surface area (Å²) in [5.74, 6) is -0.286. The smallest absolute Gasteiger partial charge is 0.410 e. The summed E-state index contributed by atoms with van der Waals surface area (Å²) in [4.78, 5) is 14.5. The SMILES string of the molecule is CC(OCC1(c2ccc(F)cc2)CCN(C(=O)OC(C)(C)C)CC1)c1cc(Cl)cc2c(Br)n(COCC[Si](C)(C)C)nc12. The van der Waals surface area contributed by atoms with Gasteiger partial charge in [-0.05, 0) is 92.3 Å². The molecule has 2 heterocycles. The van der Waals surface area contributed by atoms with Crippen molar-refractivity contribution in [3.63, 3.8) is 0 Å². The average molecular weight is 697 g/mol. The first kappa shape index (κ1) is 33.9. The summed E-state index contributed by atoms with van der Waals surface area (Å²) < 4.78 is 34.7. The summed E-state index contributed by atoms with van der Waals surface area (Å²) in [7, 11) is -1.19. The number of carbonyl (C=O) groups excluding carboxylic acids is 1. The van der Waals surface area contributed by atoms with Crippen LogP contribution in [0.25, 0.3) is 10.9 Å². The average Bonchev–Trinajstić information content (AvgIpc) is 3.23. The molecule has 236 valence electrons. The Morgan fingerprint density at radius 3 is 2.42 bits per heavy atom. The Morgan fingerprint density at radius 2 is 1.81 bits per heavy atom. The molecule has 43 heavy (non-hydrogen) atoms. The Labute approximate surface area is 269 Å². The molecule has 11 heteroatoms. The van der Waals surface area contributed by atoms with Crippen molar-refractivity contribution in [1.29, 1.82) is 0 Å². The standard InChI is InChI=1S/C32H44BrClFN3O4Si/c1-22(26-18-24(34)19-27-28(26)36-38(29(27)33)21-40-16-17-43(5,6)7)41-20-32(23-8-10-25(35)11-9-23)12-14-37(15-13-32)30(39)42-31(2,3)4/h8-11,18-19,22H,12-17,20-21H2,1-7H3. The quantitative estimate of drug-likeness (QED) is 0.156. The monoisotopic (exact) mass is 695 g/mol. The summed E-state index contributed by atoms with van der Waals surface area (Å²) >= 11 is 10.3. The van der Waals surface area contributed by atoms with E-state index < -0.39 is 19.1 Å². The third-order valence-corrected chi connectivity index (χ3v) is 10.6. The highest BCUT2D eigenvalue weighted by Gasteiger charge is 2.39. The van der Waals surface area contributed by atoms with Gasteiger partial charge in [-0.25, -0.2) is 13.9 Å². The molecule has 0 saturated carbocycles.